The average Bonchev–Trinajstić information content (AvgIpc) is 4.45. The highest BCUT2D eigenvalue weighted by molar-refractivity contribution is 8.13. The second-order valence-electron chi connectivity index (χ2n) is 19.9. The average molecular weight is 1180 g/mol. The third-order valence-electron chi connectivity index (χ3n) is 14.0. The zero-order valence-electron chi connectivity index (χ0n) is 46.1. The number of nitrogens with one attached hydrogen (secondary N) is 1. The van der Waals surface area contributed by atoms with Gasteiger partial charge in [-0.2, -0.15) is 15.3 Å². The second kappa shape index (κ2) is 32.8. The number of amides is 5. The Morgan fingerprint density at radius 3 is 1.26 bits per heavy atom. The number of nitrogens with zero attached hydrogens (tertiary/aromatic N) is 10. The standard InChI is InChI=1S/2C17H20FN3O2.C9H9FN2.C8H13NO3.C4H6N2.CH3ClO2S.CH4/c2*1-12(22)20-9-6-13(7-10-20)17(23)21-16(5-8-19-21)14-3-2-4-15(18)11-14;10-8-3-1-2-7(6-8)9-4-5-11-12-9;1-6(10)9-4-2-7(3-5-9)8(11)12;1-6-3-2-5-4-6;1-5(2,3)4;/h2*2-4,8,11,13,16H,5-7,9-10H2,1H3;1-3,5-6,9,12H,4H2;7H,2-5H2,1H3,(H,11,12);2-4H,1H3;1H3;1H4/t16-;;;;;;/m0....../s1. The van der Waals surface area contributed by atoms with Crippen molar-refractivity contribution in [3.05, 3.63) is 126 Å². The van der Waals surface area contributed by atoms with Gasteiger partial charge in [0.2, 0.25) is 38.6 Å². The summed E-state index contributed by atoms with van der Waals surface area (Å²) in [6, 6.07) is 18.9. The molecule has 4 aromatic rings. The molecule has 2 unspecified atom stereocenters. The van der Waals surface area contributed by atoms with Crippen LogP contribution < -0.4 is 5.43 Å². The Bertz CT molecular complexity index is 2800. The quantitative estimate of drug-likeness (QED) is 0.175. The first kappa shape index (κ1) is 67.0. The summed E-state index contributed by atoms with van der Waals surface area (Å²) in [6.07, 6.45) is 17.4. The summed E-state index contributed by atoms with van der Waals surface area (Å²) < 4.78 is 60.3. The molecule has 6 aliphatic heterocycles. The molecule has 0 bridgehead atoms. The fourth-order valence-corrected chi connectivity index (χ4v) is 9.55. The van der Waals surface area contributed by atoms with Gasteiger partial charge in [0.05, 0.1) is 36.6 Å². The molecule has 0 radical (unpaired) electrons. The summed E-state index contributed by atoms with van der Waals surface area (Å²) in [5.41, 5.74) is 5.38. The fourth-order valence-electron chi connectivity index (χ4n) is 9.55. The number of piperidine rings is 3. The summed E-state index contributed by atoms with van der Waals surface area (Å²) in [5, 5.41) is 23.9. The van der Waals surface area contributed by atoms with Crippen LogP contribution in [0.4, 0.5) is 13.2 Å². The van der Waals surface area contributed by atoms with Crippen LogP contribution in [0.3, 0.4) is 0 Å². The number of imidazole rings is 1. The van der Waals surface area contributed by atoms with Crippen LogP contribution in [0.15, 0.2) is 107 Å². The van der Waals surface area contributed by atoms with Crippen molar-refractivity contribution in [2.24, 2.45) is 40.1 Å². The number of aliphatic carboxylic acids is 1. The summed E-state index contributed by atoms with van der Waals surface area (Å²) in [4.78, 5) is 78.7. The van der Waals surface area contributed by atoms with Gasteiger partial charge in [0.1, 0.15) is 17.5 Å². The number of rotatable bonds is 6. The first-order valence-corrected chi connectivity index (χ1v) is 29.3. The van der Waals surface area contributed by atoms with Crippen LogP contribution in [0.2, 0.25) is 0 Å². The van der Waals surface area contributed by atoms with Crippen molar-refractivity contribution < 1.29 is 55.5 Å². The number of carbonyl (C=O) groups excluding carboxylic acids is 5. The van der Waals surface area contributed by atoms with E-state index in [2.05, 4.69) is 36.4 Å². The highest BCUT2D eigenvalue weighted by Crippen LogP contribution is 2.34. The lowest BCUT2D eigenvalue weighted by molar-refractivity contribution is -0.145. The monoisotopic (exact) mass is 1180 g/mol. The number of hydrazone groups is 3. The largest absolute Gasteiger partial charge is 0.481 e. The number of carboxylic acids is 1. The number of benzene rings is 3. The Morgan fingerprint density at radius 2 is 0.963 bits per heavy atom. The Kier molecular flexibility index (Phi) is 26.8. The van der Waals surface area contributed by atoms with Crippen LogP contribution in [-0.4, -0.2) is 147 Å². The van der Waals surface area contributed by atoms with Crippen molar-refractivity contribution in [1.82, 2.24) is 39.7 Å². The van der Waals surface area contributed by atoms with Crippen molar-refractivity contribution in [1.29, 1.82) is 0 Å². The number of hydrogen-bond donors (Lipinski definition) is 2. The first-order chi connectivity index (χ1) is 38.5. The highest BCUT2D eigenvalue weighted by atomic mass is 35.7. The van der Waals surface area contributed by atoms with E-state index in [-0.39, 0.29) is 90.3 Å². The maximum Gasteiger partial charge on any atom is 0.306 e. The van der Waals surface area contributed by atoms with E-state index in [0.717, 1.165) is 29.4 Å². The van der Waals surface area contributed by atoms with E-state index in [4.69, 9.17) is 5.11 Å². The predicted molar refractivity (Wildman–Crippen MR) is 307 cm³/mol. The maximum absolute atomic E-state index is 13.4. The molecular weight excluding hydrogens is 1110 g/mol. The molecule has 7 heterocycles. The van der Waals surface area contributed by atoms with Gasteiger partial charge >= 0.3 is 5.97 Å². The molecule has 3 atom stereocenters. The van der Waals surface area contributed by atoms with Crippen molar-refractivity contribution >= 4 is 73.9 Å². The molecule has 82 heavy (non-hydrogen) atoms. The molecule has 20 nitrogen and oxygen atoms in total. The van der Waals surface area contributed by atoms with E-state index in [9.17, 15) is 50.4 Å². The summed E-state index contributed by atoms with van der Waals surface area (Å²) in [6.45, 7) is 8.21. The van der Waals surface area contributed by atoms with Crippen molar-refractivity contribution in [3.8, 4) is 0 Å². The van der Waals surface area contributed by atoms with Gasteiger partial charge in [-0.15, -0.1) is 0 Å². The Labute approximate surface area is 482 Å². The zero-order chi connectivity index (χ0) is 59.2. The molecule has 25 heteroatoms. The molecule has 5 amide bonds. The van der Waals surface area contributed by atoms with Gasteiger partial charge in [0.15, 0.2) is 0 Å². The van der Waals surface area contributed by atoms with E-state index < -0.39 is 15.0 Å². The smallest absolute Gasteiger partial charge is 0.306 e. The van der Waals surface area contributed by atoms with E-state index >= 15 is 0 Å². The van der Waals surface area contributed by atoms with Crippen molar-refractivity contribution in [2.75, 3.05) is 45.5 Å². The van der Waals surface area contributed by atoms with Gasteiger partial charge in [-0.05, 0) is 91.6 Å². The predicted octanol–water partition coefficient (Wildman–Crippen LogP) is 8.10. The molecule has 6 aliphatic rings. The molecule has 3 fully saturated rings. The minimum Gasteiger partial charge on any atom is -0.481 e. The highest BCUT2D eigenvalue weighted by Gasteiger charge is 2.37. The molecular formula is C57H75ClF3N11O9S. The third-order valence-corrected chi connectivity index (χ3v) is 14.0. The Hall–Kier alpha value is -7.47. The molecule has 446 valence electrons. The molecule has 1 aromatic heterocycles. The number of aromatic nitrogens is 2. The van der Waals surface area contributed by atoms with Crippen molar-refractivity contribution in [2.45, 2.75) is 104 Å². The number of hydrogen-bond acceptors (Lipinski definition) is 13. The zero-order valence-corrected chi connectivity index (χ0v) is 47.6. The minimum atomic E-state index is -3.19. The molecule has 0 spiro atoms. The van der Waals surface area contributed by atoms with Crippen LogP contribution in [0.1, 0.15) is 121 Å². The van der Waals surface area contributed by atoms with Gasteiger partial charge in [-0.25, -0.2) is 36.6 Å². The van der Waals surface area contributed by atoms with Crippen LogP contribution in [0.5, 0.6) is 0 Å². The van der Waals surface area contributed by atoms with Gasteiger partial charge in [-0.1, -0.05) is 43.8 Å². The van der Waals surface area contributed by atoms with Gasteiger partial charge in [0.25, 0.3) is 0 Å². The number of halogens is 4. The molecule has 0 aliphatic carbocycles. The van der Waals surface area contributed by atoms with E-state index in [0.29, 0.717) is 90.6 Å². The normalized spacial score (nSPS) is 19.4. The van der Waals surface area contributed by atoms with Gasteiger partial charge in [-0.3, -0.25) is 28.8 Å². The molecule has 2 N–H and O–H groups in total. The lowest BCUT2D eigenvalue weighted by atomic mass is 9.94. The fraction of sp³-hybridized carbons (Fsp3) is 0.474. The number of aryl methyl sites for hydroxylation is 1. The van der Waals surface area contributed by atoms with Crippen LogP contribution in [0, 0.1) is 35.2 Å². The van der Waals surface area contributed by atoms with E-state index in [1.165, 1.54) is 53.3 Å². The number of likely N-dealkylation sites (tertiary alicyclic amines) is 3. The molecule has 3 saturated heterocycles. The van der Waals surface area contributed by atoms with Crippen molar-refractivity contribution in [3.63, 3.8) is 0 Å². The maximum atomic E-state index is 13.4. The Balaban J connectivity index is 0.000000227. The van der Waals surface area contributed by atoms with Crippen LogP contribution in [0.25, 0.3) is 0 Å². The van der Waals surface area contributed by atoms with Crippen LogP contribution >= 0.6 is 10.7 Å². The lowest BCUT2D eigenvalue weighted by Gasteiger charge is -2.33. The summed E-state index contributed by atoms with van der Waals surface area (Å²) in [5.74, 6) is -1.98. The number of carbonyl (C=O) groups is 6. The first-order valence-electron chi connectivity index (χ1n) is 26.5. The van der Waals surface area contributed by atoms with Gasteiger partial charge < -0.3 is 29.8 Å². The Morgan fingerprint density at radius 1 is 0.598 bits per heavy atom. The SMILES string of the molecule is C.CC(=O)N1CCC(C(=O)N2N=CCC2c2cccc(F)c2)CC1.CC(=O)N1CCC(C(=O)N2N=CC[C@H]2c2cccc(F)c2)CC1.CC(=O)N1CCC(C(=O)O)CC1.CS(=O)(=O)Cl.Cn1ccnc1.Fc1cccc(C2CC=NN2)c1. The van der Waals surface area contributed by atoms with Gasteiger partial charge in [0, 0.05) is 140 Å². The summed E-state index contributed by atoms with van der Waals surface area (Å²) >= 11 is 0. The molecule has 3 aromatic carbocycles. The topological polar surface area (TPSA) is 240 Å². The molecule has 0 saturated carbocycles. The summed E-state index contributed by atoms with van der Waals surface area (Å²) in [7, 11) is 3.25. The molecule has 10 rings (SSSR count). The third kappa shape index (κ3) is 21.8. The second-order valence-corrected chi connectivity index (χ2v) is 23.0. The van der Waals surface area contributed by atoms with E-state index in [1.54, 1.807) is 77.9 Å². The minimum absolute atomic E-state index is 0. The van der Waals surface area contributed by atoms with Crippen LogP contribution in [-0.2, 0) is 44.9 Å². The number of carboxylic acid groups (broad SMARTS) is 1. The van der Waals surface area contributed by atoms with E-state index in [1.807, 2.05) is 36.0 Å². The lowest BCUT2D eigenvalue weighted by Crippen LogP contribution is -2.42.